The maximum absolute atomic E-state index is 5.45. The molecule has 0 aliphatic carbocycles. The summed E-state index contributed by atoms with van der Waals surface area (Å²) in [5, 5.41) is 9.01. The largest absolute Gasteiger partial charge is 0.381 e. The van der Waals surface area contributed by atoms with Crippen LogP contribution in [0.2, 0.25) is 0 Å². The summed E-state index contributed by atoms with van der Waals surface area (Å²) in [5.41, 5.74) is 1.08. The summed E-state index contributed by atoms with van der Waals surface area (Å²) in [6.07, 6.45) is 1.18. The van der Waals surface area contributed by atoms with Crippen LogP contribution >= 0.6 is 11.8 Å². The number of ether oxygens (including phenoxy) is 1. The highest BCUT2D eigenvalue weighted by atomic mass is 32.2. The number of nitrogens with zero attached hydrogens (tertiary/aromatic N) is 2. The molecule has 4 nitrogen and oxygen atoms in total. The lowest BCUT2D eigenvalue weighted by Crippen LogP contribution is -2.36. The Bertz CT molecular complexity index is 361. The Morgan fingerprint density at radius 3 is 3.06 bits per heavy atom. The molecule has 1 N–H and O–H groups in total. The Hall–Kier alpha value is -0.520. The third kappa shape index (κ3) is 3.24. The Morgan fingerprint density at radius 1 is 1.71 bits per heavy atom. The van der Waals surface area contributed by atoms with E-state index in [-0.39, 0.29) is 0 Å². The highest BCUT2D eigenvalue weighted by Crippen LogP contribution is 2.24. The molecule has 1 aromatic rings. The van der Waals surface area contributed by atoms with E-state index < -0.39 is 0 Å². The van der Waals surface area contributed by atoms with Crippen LogP contribution in [0.5, 0.6) is 0 Å². The fraction of sp³-hybridized carbons (Fsp3) is 0.750. The molecule has 0 radical (unpaired) electrons. The van der Waals surface area contributed by atoms with Gasteiger partial charge in [-0.15, -0.1) is 11.8 Å². The van der Waals surface area contributed by atoms with Gasteiger partial charge in [0.25, 0.3) is 0 Å². The number of aromatic nitrogens is 2. The first kappa shape index (κ1) is 12.9. The smallest absolute Gasteiger partial charge is 0.0939 e. The molecule has 96 valence electrons. The summed E-state index contributed by atoms with van der Waals surface area (Å²) in [7, 11) is 4.04. The molecule has 0 spiro atoms. The van der Waals surface area contributed by atoms with Crippen molar-refractivity contribution in [2.45, 2.75) is 24.4 Å². The second-order valence-corrected chi connectivity index (χ2v) is 5.62. The summed E-state index contributed by atoms with van der Waals surface area (Å²) in [4.78, 5) is 0. The molecule has 1 aliphatic heterocycles. The number of rotatable bonds is 5. The minimum atomic E-state index is 0.526. The number of thioether (sulfide) groups is 1. The van der Waals surface area contributed by atoms with Crippen LogP contribution < -0.4 is 5.32 Å². The lowest BCUT2D eigenvalue weighted by molar-refractivity contribution is 0.180. The average Bonchev–Trinajstić information content (AvgIpc) is 2.90. The van der Waals surface area contributed by atoms with Gasteiger partial charge in [-0.2, -0.15) is 5.10 Å². The summed E-state index contributed by atoms with van der Waals surface area (Å²) in [6, 6.07) is 2.67. The zero-order chi connectivity index (χ0) is 12.3. The van der Waals surface area contributed by atoms with Crippen LogP contribution in [0.1, 0.15) is 12.1 Å². The van der Waals surface area contributed by atoms with E-state index in [1.54, 1.807) is 0 Å². The van der Waals surface area contributed by atoms with Crippen molar-refractivity contribution >= 4 is 11.8 Å². The van der Waals surface area contributed by atoms with E-state index in [0.29, 0.717) is 12.0 Å². The topological polar surface area (TPSA) is 39.1 Å². The monoisotopic (exact) mass is 255 g/mol. The maximum atomic E-state index is 5.45. The van der Waals surface area contributed by atoms with Crippen LogP contribution in [0.25, 0.3) is 0 Å². The number of nitrogens with one attached hydrogen (secondary N) is 1. The van der Waals surface area contributed by atoms with Gasteiger partial charge in [-0.05, 0) is 26.5 Å². The molecular formula is C12H21N3OS. The van der Waals surface area contributed by atoms with Gasteiger partial charge in [-0.1, -0.05) is 0 Å². The molecule has 2 unspecified atom stereocenters. The average molecular weight is 255 g/mol. The van der Waals surface area contributed by atoms with Crippen molar-refractivity contribution in [2.75, 3.05) is 26.0 Å². The zero-order valence-electron chi connectivity index (χ0n) is 10.8. The first-order valence-electron chi connectivity index (χ1n) is 6.09. The molecule has 1 aliphatic rings. The Labute approximate surface area is 107 Å². The van der Waals surface area contributed by atoms with Gasteiger partial charge in [0.05, 0.1) is 17.3 Å². The Balaban J connectivity index is 1.89. The Morgan fingerprint density at radius 2 is 2.53 bits per heavy atom. The third-order valence-corrected chi connectivity index (χ3v) is 4.48. The second kappa shape index (κ2) is 5.89. The van der Waals surface area contributed by atoms with Crippen LogP contribution in [0.15, 0.2) is 11.1 Å². The first-order valence-corrected chi connectivity index (χ1v) is 7.07. The standard InChI is InChI=1S/C12H21N3OS/c1-9-6-12(15(3)14-9)17-8-11(13-2)10-4-5-16-7-10/h6,10-11,13H,4-5,7-8H2,1-3H3. The van der Waals surface area contributed by atoms with Crippen molar-refractivity contribution in [3.63, 3.8) is 0 Å². The molecule has 1 aromatic heterocycles. The first-order chi connectivity index (χ1) is 8.20. The summed E-state index contributed by atoms with van der Waals surface area (Å²) >= 11 is 1.87. The van der Waals surface area contributed by atoms with E-state index in [2.05, 4.69) is 16.5 Å². The predicted octanol–water partition coefficient (Wildman–Crippen LogP) is 1.45. The summed E-state index contributed by atoms with van der Waals surface area (Å²) in [6.45, 7) is 3.85. The van der Waals surface area contributed by atoms with Gasteiger partial charge < -0.3 is 10.1 Å². The van der Waals surface area contributed by atoms with Gasteiger partial charge in [0.1, 0.15) is 0 Å². The lowest BCUT2D eigenvalue weighted by Gasteiger charge is -2.21. The van der Waals surface area contributed by atoms with Gasteiger partial charge in [0, 0.05) is 31.4 Å². The van der Waals surface area contributed by atoms with E-state index in [4.69, 9.17) is 4.74 Å². The van der Waals surface area contributed by atoms with Crippen molar-refractivity contribution in [3.05, 3.63) is 11.8 Å². The van der Waals surface area contributed by atoms with E-state index in [9.17, 15) is 0 Å². The number of aryl methyl sites for hydroxylation is 2. The van der Waals surface area contributed by atoms with E-state index in [1.165, 1.54) is 11.4 Å². The normalized spacial score (nSPS) is 21.9. The quantitative estimate of drug-likeness (QED) is 0.808. The fourth-order valence-corrected chi connectivity index (χ4v) is 3.49. The second-order valence-electron chi connectivity index (χ2n) is 4.58. The highest BCUT2D eigenvalue weighted by Gasteiger charge is 2.24. The summed E-state index contributed by atoms with van der Waals surface area (Å²) in [5.74, 6) is 1.73. The van der Waals surface area contributed by atoms with Crippen LogP contribution in [0.3, 0.4) is 0 Å². The van der Waals surface area contributed by atoms with Crippen LogP contribution in [0, 0.1) is 12.8 Å². The van der Waals surface area contributed by atoms with E-state index in [0.717, 1.165) is 24.7 Å². The van der Waals surface area contributed by atoms with Gasteiger partial charge in [-0.25, -0.2) is 0 Å². The minimum absolute atomic E-state index is 0.526. The molecule has 2 atom stereocenters. The molecular weight excluding hydrogens is 234 g/mol. The molecule has 0 amide bonds. The molecule has 1 fully saturated rings. The van der Waals surface area contributed by atoms with Crippen LogP contribution in [-0.4, -0.2) is 41.8 Å². The Kier molecular flexibility index (Phi) is 4.48. The van der Waals surface area contributed by atoms with Crippen LogP contribution in [-0.2, 0) is 11.8 Å². The van der Waals surface area contributed by atoms with Crippen LogP contribution in [0.4, 0.5) is 0 Å². The molecule has 1 saturated heterocycles. The van der Waals surface area contributed by atoms with Crippen molar-refractivity contribution < 1.29 is 4.74 Å². The SMILES string of the molecule is CNC(CSc1cc(C)nn1C)C1CCOC1. The van der Waals surface area contributed by atoms with E-state index in [1.807, 2.05) is 37.5 Å². The molecule has 0 bridgehead atoms. The molecule has 17 heavy (non-hydrogen) atoms. The van der Waals surface area contributed by atoms with Gasteiger partial charge in [-0.3, -0.25) is 4.68 Å². The van der Waals surface area contributed by atoms with Crippen molar-refractivity contribution in [2.24, 2.45) is 13.0 Å². The summed E-state index contributed by atoms with van der Waals surface area (Å²) < 4.78 is 7.41. The molecule has 0 saturated carbocycles. The molecule has 0 aromatic carbocycles. The zero-order valence-corrected chi connectivity index (χ0v) is 11.6. The van der Waals surface area contributed by atoms with E-state index >= 15 is 0 Å². The fourth-order valence-electron chi connectivity index (χ4n) is 2.22. The minimum Gasteiger partial charge on any atom is -0.381 e. The number of hydrogen-bond acceptors (Lipinski definition) is 4. The molecule has 5 heteroatoms. The predicted molar refractivity (Wildman–Crippen MR) is 70.4 cm³/mol. The lowest BCUT2D eigenvalue weighted by atomic mass is 10.0. The molecule has 2 heterocycles. The van der Waals surface area contributed by atoms with Gasteiger partial charge >= 0.3 is 0 Å². The van der Waals surface area contributed by atoms with Crippen molar-refractivity contribution in [3.8, 4) is 0 Å². The van der Waals surface area contributed by atoms with Gasteiger partial charge in [0.15, 0.2) is 0 Å². The number of hydrogen-bond donors (Lipinski definition) is 1. The highest BCUT2D eigenvalue weighted by molar-refractivity contribution is 7.99. The van der Waals surface area contributed by atoms with Crippen molar-refractivity contribution in [1.29, 1.82) is 0 Å². The molecule has 2 rings (SSSR count). The maximum Gasteiger partial charge on any atom is 0.0939 e. The van der Waals surface area contributed by atoms with Gasteiger partial charge in [0.2, 0.25) is 0 Å². The third-order valence-electron chi connectivity index (χ3n) is 3.27. The van der Waals surface area contributed by atoms with Crippen molar-refractivity contribution in [1.82, 2.24) is 15.1 Å².